The van der Waals surface area contributed by atoms with Crippen molar-refractivity contribution in [3.63, 3.8) is 0 Å². The van der Waals surface area contributed by atoms with Crippen LogP contribution in [-0.2, 0) is 19.2 Å². The van der Waals surface area contributed by atoms with Gasteiger partial charge in [0.2, 0.25) is 0 Å². The molecule has 38 heavy (non-hydrogen) atoms. The molecular weight excluding hydrogens is 488 g/mol. The first kappa shape index (κ1) is 29.1. The van der Waals surface area contributed by atoms with Crippen LogP contribution in [0.4, 0.5) is 0 Å². The summed E-state index contributed by atoms with van der Waals surface area (Å²) in [6.45, 7) is 12.5. The van der Waals surface area contributed by atoms with Gasteiger partial charge in [-0.05, 0) is 60.8 Å². The van der Waals surface area contributed by atoms with Gasteiger partial charge < -0.3 is 20.4 Å². The van der Waals surface area contributed by atoms with Gasteiger partial charge in [-0.15, -0.1) is 0 Å². The predicted molar refractivity (Wildman–Crippen MR) is 139 cm³/mol. The summed E-state index contributed by atoms with van der Waals surface area (Å²) >= 11 is 0. The molecule has 0 aromatic rings. The Labute approximate surface area is 224 Å². The predicted octanol–water partition coefficient (Wildman–Crippen LogP) is 3.25. The Balaban J connectivity index is 1.78. The Morgan fingerprint density at radius 1 is 1.11 bits per heavy atom. The number of Topliss-reactive ketones (excluding diaryl/α,β-unsaturated/α-hetero) is 3. The molecule has 0 radical (unpaired) electrons. The molecule has 4 N–H and O–H groups in total. The van der Waals surface area contributed by atoms with Crippen LogP contribution in [0.5, 0.6) is 0 Å². The first-order valence-electron chi connectivity index (χ1n) is 13.9. The molecule has 0 spiro atoms. The van der Waals surface area contributed by atoms with Gasteiger partial charge in [0.1, 0.15) is 11.6 Å². The summed E-state index contributed by atoms with van der Waals surface area (Å²) in [6, 6.07) is 0. The van der Waals surface area contributed by atoms with Crippen molar-refractivity contribution in [2.45, 2.75) is 111 Å². The molecule has 2 saturated carbocycles. The molecule has 4 aliphatic carbocycles. The van der Waals surface area contributed by atoms with Crippen LogP contribution in [0.1, 0.15) is 93.4 Å². The van der Waals surface area contributed by atoms with Gasteiger partial charge in [0, 0.05) is 37.2 Å². The van der Waals surface area contributed by atoms with E-state index in [2.05, 4.69) is 0 Å². The Morgan fingerprint density at radius 2 is 1.71 bits per heavy atom. The molecule has 0 heterocycles. The van der Waals surface area contributed by atoms with Gasteiger partial charge in [-0.1, -0.05) is 34.6 Å². The van der Waals surface area contributed by atoms with Crippen molar-refractivity contribution in [1.29, 1.82) is 0 Å². The number of allylic oxidation sites excluding steroid dienone is 1. The number of aliphatic hydroxyl groups is 3. The van der Waals surface area contributed by atoms with E-state index in [0.29, 0.717) is 30.4 Å². The lowest BCUT2D eigenvalue weighted by Crippen LogP contribution is -2.61. The van der Waals surface area contributed by atoms with Gasteiger partial charge in [-0.2, -0.15) is 0 Å². The van der Waals surface area contributed by atoms with Crippen molar-refractivity contribution >= 4 is 23.3 Å². The van der Waals surface area contributed by atoms with E-state index < -0.39 is 63.1 Å². The smallest absolute Gasteiger partial charge is 0.306 e. The van der Waals surface area contributed by atoms with Crippen LogP contribution in [0.2, 0.25) is 0 Å². The minimum Gasteiger partial charge on any atom is -0.481 e. The average Bonchev–Trinajstić information content (AvgIpc) is 2.99. The molecule has 0 amide bonds. The van der Waals surface area contributed by atoms with E-state index in [4.69, 9.17) is 0 Å². The third-order valence-corrected chi connectivity index (χ3v) is 11.6. The van der Waals surface area contributed by atoms with E-state index in [1.54, 1.807) is 6.92 Å². The lowest BCUT2D eigenvalue weighted by Gasteiger charge is -2.62. The number of rotatable bonds is 6. The molecule has 0 aromatic carbocycles. The molecule has 0 aliphatic heterocycles. The Bertz CT molecular complexity index is 1120. The molecular formula is C30H44O8. The zero-order valence-corrected chi connectivity index (χ0v) is 23.8. The molecule has 0 saturated heterocycles. The lowest BCUT2D eigenvalue weighted by atomic mass is 9.42. The number of carbonyl (C=O) groups is 4. The highest BCUT2D eigenvalue weighted by Gasteiger charge is 2.71. The highest BCUT2D eigenvalue weighted by Crippen LogP contribution is 2.71. The second-order valence-electron chi connectivity index (χ2n) is 14.2. The SMILES string of the molecule is C[C@H](CC(=O)C[C@](C)(O)[C@H]1CC(=O)[C@@]2(C)C3=C(C(=O)C[C@]12C)[C@@]1(C)CC[C@H](O)C(C)(C)[C@H]1C[C@@H]3O)C(=O)O. The number of hydrogen-bond acceptors (Lipinski definition) is 7. The number of carboxylic acids is 1. The van der Waals surface area contributed by atoms with E-state index in [1.165, 1.54) is 13.8 Å². The highest BCUT2D eigenvalue weighted by molar-refractivity contribution is 6.05. The lowest BCUT2D eigenvalue weighted by molar-refractivity contribution is -0.148. The topological polar surface area (TPSA) is 149 Å². The van der Waals surface area contributed by atoms with Crippen LogP contribution in [0.3, 0.4) is 0 Å². The third kappa shape index (κ3) is 3.80. The fraction of sp³-hybridized carbons (Fsp3) is 0.800. The summed E-state index contributed by atoms with van der Waals surface area (Å²) in [5.74, 6) is -3.56. The monoisotopic (exact) mass is 532 g/mol. The minimum absolute atomic E-state index is 0.00657. The number of fused-ring (bicyclic) bond motifs is 4. The van der Waals surface area contributed by atoms with E-state index in [-0.39, 0.29) is 43.2 Å². The van der Waals surface area contributed by atoms with Gasteiger partial charge in [-0.3, -0.25) is 19.2 Å². The molecule has 2 fully saturated rings. The second kappa shape index (κ2) is 8.80. The van der Waals surface area contributed by atoms with Crippen molar-refractivity contribution in [3.8, 4) is 0 Å². The number of carboxylic acid groups (broad SMARTS) is 1. The highest BCUT2D eigenvalue weighted by atomic mass is 16.4. The Hall–Kier alpha value is -1.90. The fourth-order valence-corrected chi connectivity index (χ4v) is 9.16. The van der Waals surface area contributed by atoms with Gasteiger partial charge in [-0.25, -0.2) is 0 Å². The zero-order valence-electron chi connectivity index (χ0n) is 23.8. The summed E-state index contributed by atoms with van der Waals surface area (Å²) in [5, 5.41) is 43.2. The van der Waals surface area contributed by atoms with Gasteiger partial charge in [0.05, 0.1) is 29.1 Å². The zero-order chi connectivity index (χ0) is 28.8. The van der Waals surface area contributed by atoms with E-state index in [1.807, 2.05) is 27.7 Å². The van der Waals surface area contributed by atoms with Crippen LogP contribution in [0, 0.1) is 39.4 Å². The molecule has 4 rings (SSSR count). The van der Waals surface area contributed by atoms with Crippen molar-refractivity contribution in [2.75, 3.05) is 0 Å². The fourth-order valence-electron chi connectivity index (χ4n) is 9.16. The van der Waals surface area contributed by atoms with Crippen LogP contribution in [0.15, 0.2) is 11.1 Å². The molecule has 8 heteroatoms. The maximum Gasteiger partial charge on any atom is 0.306 e. The number of aliphatic carboxylic acids is 1. The van der Waals surface area contributed by atoms with E-state index in [0.717, 1.165) is 0 Å². The van der Waals surface area contributed by atoms with Crippen LogP contribution >= 0.6 is 0 Å². The first-order valence-corrected chi connectivity index (χ1v) is 13.9. The maximum absolute atomic E-state index is 14.1. The van der Waals surface area contributed by atoms with Gasteiger partial charge >= 0.3 is 5.97 Å². The summed E-state index contributed by atoms with van der Waals surface area (Å²) in [6.07, 6.45) is -0.727. The minimum atomic E-state index is -1.64. The van der Waals surface area contributed by atoms with E-state index >= 15 is 0 Å². The van der Waals surface area contributed by atoms with Crippen LogP contribution < -0.4 is 0 Å². The first-order chi connectivity index (χ1) is 17.2. The van der Waals surface area contributed by atoms with Gasteiger partial charge in [0.15, 0.2) is 5.78 Å². The summed E-state index contributed by atoms with van der Waals surface area (Å²) in [4.78, 5) is 52.0. The largest absolute Gasteiger partial charge is 0.481 e. The Kier molecular flexibility index (Phi) is 6.74. The third-order valence-electron chi connectivity index (χ3n) is 11.6. The van der Waals surface area contributed by atoms with Crippen molar-refractivity contribution in [2.24, 2.45) is 39.4 Å². The van der Waals surface area contributed by atoms with E-state index in [9.17, 15) is 39.6 Å². The van der Waals surface area contributed by atoms with Crippen molar-refractivity contribution in [1.82, 2.24) is 0 Å². The number of aliphatic hydroxyl groups excluding tert-OH is 2. The average molecular weight is 533 g/mol. The van der Waals surface area contributed by atoms with Crippen LogP contribution in [0.25, 0.3) is 0 Å². The Morgan fingerprint density at radius 3 is 2.29 bits per heavy atom. The summed E-state index contributed by atoms with van der Waals surface area (Å²) in [5.41, 5.74) is -3.99. The number of hydrogen-bond donors (Lipinski definition) is 4. The maximum atomic E-state index is 14.1. The molecule has 9 atom stereocenters. The van der Waals surface area contributed by atoms with Crippen LogP contribution in [-0.4, -0.2) is 61.6 Å². The molecule has 4 aliphatic rings. The summed E-state index contributed by atoms with van der Waals surface area (Å²) in [7, 11) is 0. The molecule has 212 valence electrons. The molecule has 0 aromatic heterocycles. The standard InChI is InChI=1S/C30H44O8/c1-15(25(36)37)10-16(31)13-29(6,38)20-12-22(35)30(7)24-17(32)11-19-26(2,3)21(34)8-9-27(19,4)23(24)18(33)14-28(20,30)5/h15,17,19-21,32,34,38H,8-14H2,1-7H3,(H,36,37)/t15-,17+,19-,20+,21+,27+,28-,29+,30+/m1/s1. The molecule has 8 nitrogen and oxygen atoms in total. The number of carbonyl (C=O) groups excluding carboxylic acids is 3. The molecule has 0 unspecified atom stereocenters. The molecule has 0 bridgehead atoms. The van der Waals surface area contributed by atoms with Crippen molar-refractivity contribution < 1.29 is 39.6 Å². The second-order valence-corrected chi connectivity index (χ2v) is 14.2. The normalized spacial score (nSPS) is 42.6. The van der Waals surface area contributed by atoms with Crippen molar-refractivity contribution in [3.05, 3.63) is 11.1 Å². The summed E-state index contributed by atoms with van der Waals surface area (Å²) < 4.78 is 0. The quantitative estimate of drug-likeness (QED) is 0.407. The number of ketones is 3. The van der Waals surface area contributed by atoms with Gasteiger partial charge in [0.25, 0.3) is 0 Å².